The van der Waals surface area contributed by atoms with E-state index in [1.807, 2.05) is 37.4 Å². The molecule has 2 heterocycles. The Morgan fingerprint density at radius 1 is 1.40 bits per heavy atom. The smallest absolute Gasteiger partial charge is 0.239 e. The van der Waals surface area contributed by atoms with Crippen molar-refractivity contribution in [3.05, 3.63) is 17.0 Å². The SMILES string of the molecule is Cc1nn(C)c(C)c1CNC(C)C(=O)N1CCOCC1. The van der Waals surface area contributed by atoms with Gasteiger partial charge in [0.1, 0.15) is 0 Å². The van der Waals surface area contributed by atoms with Crippen molar-refractivity contribution in [2.24, 2.45) is 7.05 Å². The number of nitrogens with zero attached hydrogens (tertiary/aromatic N) is 3. The van der Waals surface area contributed by atoms with Gasteiger partial charge in [-0.3, -0.25) is 9.48 Å². The Balaban J connectivity index is 1.91. The van der Waals surface area contributed by atoms with Gasteiger partial charge in [-0.2, -0.15) is 5.10 Å². The van der Waals surface area contributed by atoms with E-state index in [-0.39, 0.29) is 11.9 Å². The van der Waals surface area contributed by atoms with E-state index in [0.29, 0.717) is 32.8 Å². The molecule has 1 atom stereocenters. The lowest BCUT2D eigenvalue weighted by molar-refractivity contribution is -0.137. The minimum Gasteiger partial charge on any atom is -0.378 e. The molecule has 6 heteroatoms. The number of aryl methyl sites for hydroxylation is 2. The lowest BCUT2D eigenvalue weighted by Gasteiger charge is -2.29. The zero-order valence-corrected chi connectivity index (χ0v) is 12.8. The minimum atomic E-state index is -0.188. The lowest BCUT2D eigenvalue weighted by atomic mass is 10.2. The van der Waals surface area contributed by atoms with Gasteiger partial charge in [0.15, 0.2) is 0 Å². The van der Waals surface area contributed by atoms with Crippen LogP contribution in [0.5, 0.6) is 0 Å². The number of morpholine rings is 1. The van der Waals surface area contributed by atoms with E-state index in [1.54, 1.807) is 0 Å². The average Bonchev–Trinajstić information content (AvgIpc) is 2.70. The molecule has 1 N–H and O–H groups in total. The van der Waals surface area contributed by atoms with Crippen LogP contribution in [0.4, 0.5) is 0 Å². The van der Waals surface area contributed by atoms with E-state index in [2.05, 4.69) is 10.4 Å². The van der Waals surface area contributed by atoms with Gasteiger partial charge in [-0.1, -0.05) is 0 Å². The third-order valence-electron chi connectivity index (χ3n) is 3.94. The van der Waals surface area contributed by atoms with E-state index in [1.165, 1.54) is 5.56 Å². The molecule has 1 fully saturated rings. The second kappa shape index (κ2) is 6.37. The molecule has 1 unspecified atom stereocenters. The van der Waals surface area contributed by atoms with Crippen LogP contribution in [-0.4, -0.2) is 52.9 Å². The van der Waals surface area contributed by atoms with Crippen LogP contribution in [0.25, 0.3) is 0 Å². The predicted octanol–water partition coefficient (Wildman–Crippen LogP) is 0.374. The van der Waals surface area contributed by atoms with Crippen LogP contribution >= 0.6 is 0 Å². The maximum atomic E-state index is 12.3. The van der Waals surface area contributed by atoms with Gasteiger partial charge in [-0.05, 0) is 20.8 Å². The summed E-state index contributed by atoms with van der Waals surface area (Å²) in [6.45, 7) is 9.29. The van der Waals surface area contributed by atoms with Crippen molar-refractivity contribution in [2.75, 3.05) is 26.3 Å². The van der Waals surface area contributed by atoms with Gasteiger partial charge >= 0.3 is 0 Å². The summed E-state index contributed by atoms with van der Waals surface area (Å²) >= 11 is 0. The Kier molecular flexibility index (Phi) is 4.77. The normalized spacial score (nSPS) is 17.3. The largest absolute Gasteiger partial charge is 0.378 e. The minimum absolute atomic E-state index is 0.146. The number of carbonyl (C=O) groups excluding carboxylic acids is 1. The summed E-state index contributed by atoms with van der Waals surface area (Å²) in [5.74, 6) is 0.146. The molecule has 1 aliphatic rings. The highest BCUT2D eigenvalue weighted by Gasteiger charge is 2.22. The van der Waals surface area contributed by atoms with Gasteiger partial charge in [0.05, 0.1) is 24.9 Å². The summed E-state index contributed by atoms with van der Waals surface area (Å²) in [6, 6.07) is -0.188. The number of hydrogen-bond acceptors (Lipinski definition) is 4. The number of amides is 1. The Hall–Kier alpha value is -1.40. The van der Waals surface area contributed by atoms with Crippen molar-refractivity contribution in [1.82, 2.24) is 20.0 Å². The molecular formula is C14H24N4O2. The molecule has 1 aromatic heterocycles. The van der Waals surface area contributed by atoms with Crippen LogP contribution in [0.3, 0.4) is 0 Å². The maximum absolute atomic E-state index is 12.3. The number of ether oxygens (including phenoxy) is 1. The second-order valence-corrected chi connectivity index (χ2v) is 5.31. The van der Waals surface area contributed by atoms with Crippen molar-refractivity contribution in [3.8, 4) is 0 Å². The summed E-state index contributed by atoms with van der Waals surface area (Å²) < 4.78 is 7.14. The third kappa shape index (κ3) is 3.19. The van der Waals surface area contributed by atoms with Gasteiger partial charge in [0.25, 0.3) is 0 Å². The molecular weight excluding hydrogens is 256 g/mol. The fraction of sp³-hybridized carbons (Fsp3) is 0.714. The summed E-state index contributed by atoms with van der Waals surface area (Å²) in [4.78, 5) is 14.1. The molecule has 6 nitrogen and oxygen atoms in total. The fourth-order valence-corrected chi connectivity index (χ4v) is 2.47. The van der Waals surface area contributed by atoms with E-state index in [0.717, 1.165) is 11.4 Å². The Labute approximate surface area is 120 Å². The first-order chi connectivity index (χ1) is 9.50. The van der Waals surface area contributed by atoms with Gasteiger partial charge in [0.2, 0.25) is 5.91 Å². The molecule has 1 aromatic rings. The Bertz CT molecular complexity index is 478. The molecule has 0 spiro atoms. The van der Waals surface area contributed by atoms with Gasteiger partial charge < -0.3 is 15.0 Å². The molecule has 112 valence electrons. The molecule has 20 heavy (non-hydrogen) atoms. The van der Waals surface area contributed by atoms with Crippen molar-refractivity contribution >= 4 is 5.91 Å². The first-order valence-electron chi connectivity index (χ1n) is 7.09. The predicted molar refractivity (Wildman–Crippen MR) is 76.4 cm³/mol. The molecule has 1 amide bonds. The lowest BCUT2D eigenvalue weighted by Crippen LogP contribution is -2.49. The number of rotatable bonds is 4. The highest BCUT2D eigenvalue weighted by Crippen LogP contribution is 2.12. The standard InChI is InChI=1S/C14H24N4O2/c1-10-13(12(3)17(4)16-10)9-15-11(2)14(19)18-5-7-20-8-6-18/h11,15H,5-9H2,1-4H3. The van der Waals surface area contributed by atoms with Gasteiger partial charge in [-0.25, -0.2) is 0 Å². The number of nitrogens with one attached hydrogen (secondary N) is 1. The molecule has 0 aliphatic carbocycles. The van der Waals surface area contributed by atoms with Crippen LogP contribution in [-0.2, 0) is 23.1 Å². The summed E-state index contributed by atoms with van der Waals surface area (Å²) in [5, 5.41) is 7.69. The van der Waals surface area contributed by atoms with Gasteiger partial charge in [-0.15, -0.1) is 0 Å². The van der Waals surface area contributed by atoms with Crippen LogP contribution in [0.1, 0.15) is 23.9 Å². The van der Waals surface area contributed by atoms with Crippen molar-refractivity contribution < 1.29 is 9.53 Å². The number of carbonyl (C=O) groups is 1. The molecule has 0 bridgehead atoms. The van der Waals surface area contributed by atoms with Crippen molar-refractivity contribution in [3.63, 3.8) is 0 Å². The van der Waals surface area contributed by atoms with Gasteiger partial charge in [0, 0.05) is 37.9 Å². The van der Waals surface area contributed by atoms with Crippen molar-refractivity contribution in [1.29, 1.82) is 0 Å². The number of hydrogen-bond donors (Lipinski definition) is 1. The Morgan fingerprint density at radius 3 is 2.60 bits per heavy atom. The van der Waals surface area contributed by atoms with Crippen LogP contribution in [0, 0.1) is 13.8 Å². The average molecular weight is 280 g/mol. The third-order valence-corrected chi connectivity index (χ3v) is 3.94. The summed E-state index contributed by atoms with van der Waals surface area (Å²) in [5.41, 5.74) is 3.33. The van der Waals surface area contributed by atoms with E-state index >= 15 is 0 Å². The van der Waals surface area contributed by atoms with Crippen LogP contribution < -0.4 is 5.32 Å². The molecule has 0 aromatic carbocycles. The molecule has 1 saturated heterocycles. The number of aromatic nitrogens is 2. The van der Waals surface area contributed by atoms with E-state index < -0.39 is 0 Å². The summed E-state index contributed by atoms with van der Waals surface area (Å²) in [7, 11) is 1.94. The highest BCUT2D eigenvalue weighted by molar-refractivity contribution is 5.81. The Morgan fingerprint density at radius 2 is 2.05 bits per heavy atom. The fourth-order valence-electron chi connectivity index (χ4n) is 2.47. The maximum Gasteiger partial charge on any atom is 0.239 e. The van der Waals surface area contributed by atoms with Crippen LogP contribution in [0.2, 0.25) is 0 Å². The van der Waals surface area contributed by atoms with Crippen molar-refractivity contribution in [2.45, 2.75) is 33.4 Å². The highest BCUT2D eigenvalue weighted by atomic mass is 16.5. The first-order valence-corrected chi connectivity index (χ1v) is 7.09. The molecule has 0 radical (unpaired) electrons. The van der Waals surface area contributed by atoms with E-state index in [4.69, 9.17) is 4.74 Å². The zero-order valence-electron chi connectivity index (χ0n) is 12.8. The quantitative estimate of drug-likeness (QED) is 0.866. The monoisotopic (exact) mass is 280 g/mol. The molecule has 1 aliphatic heterocycles. The van der Waals surface area contributed by atoms with E-state index in [9.17, 15) is 4.79 Å². The second-order valence-electron chi connectivity index (χ2n) is 5.31. The topological polar surface area (TPSA) is 59.4 Å². The molecule has 2 rings (SSSR count). The first kappa shape index (κ1) is 15.0. The van der Waals surface area contributed by atoms with Crippen LogP contribution in [0.15, 0.2) is 0 Å². The zero-order chi connectivity index (χ0) is 14.7. The molecule has 0 saturated carbocycles. The summed E-state index contributed by atoms with van der Waals surface area (Å²) in [6.07, 6.45) is 0.